The maximum absolute atomic E-state index is 14.0. The largest absolute Gasteiger partial charge is 0.359 e. The summed E-state index contributed by atoms with van der Waals surface area (Å²) in [7, 11) is 0. The van der Waals surface area contributed by atoms with Gasteiger partial charge < -0.3 is 20.3 Å². The Kier molecular flexibility index (Phi) is 6.55. The fraction of sp³-hybridized carbons (Fsp3) is 0.444. The standard InChI is InChI=1S/C27H27Cl2N3O4S/c28-15-11-16(29)13-18(12-15)31-24(33)21-20-8-9-27(36-20)22(21)26(35)32(14-19-7-4-10-37-19)23(27)25(34)30-17-5-2-1-3-6-17/h4,7-13,17,20-23H,1-3,5-6,14H2,(H,30,34)(H,31,33)/t20-,21?,22-,23?,27?/m0/s1. The number of nitrogens with one attached hydrogen (secondary N) is 2. The van der Waals surface area contributed by atoms with Crippen LogP contribution in [-0.4, -0.2) is 46.4 Å². The summed E-state index contributed by atoms with van der Waals surface area (Å²) < 4.78 is 6.40. The quantitative estimate of drug-likeness (QED) is 0.498. The molecule has 194 valence electrons. The lowest BCUT2D eigenvalue weighted by Gasteiger charge is -2.34. The third kappa shape index (κ3) is 4.38. The molecule has 10 heteroatoms. The Bertz CT molecular complexity index is 1240. The highest BCUT2D eigenvalue weighted by Crippen LogP contribution is 2.55. The Morgan fingerprint density at radius 1 is 1.11 bits per heavy atom. The Morgan fingerprint density at radius 2 is 1.86 bits per heavy atom. The van der Waals surface area contributed by atoms with Gasteiger partial charge in [0.15, 0.2) is 0 Å². The summed E-state index contributed by atoms with van der Waals surface area (Å²) in [5, 5.41) is 8.79. The van der Waals surface area contributed by atoms with E-state index in [1.54, 1.807) is 23.1 Å². The summed E-state index contributed by atoms with van der Waals surface area (Å²) >= 11 is 13.8. The second-order valence-electron chi connectivity index (χ2n) is 10.2. The minimum atomic E-state index is -1.19. The molecule has 1 spiro atoms. The number of ether oxygens (including phenoxy) is 1. The van der Waals surface area contributed by atoms with Crippen molar-refractivity contribution >= 4 is 57.9 Å². The number of carbonyl (C=O) groups is 3. The predicted octanol–water partition coefficient (Wildman–Crippen LogP) is 4.79. The zero-order valence-electron chi connectivity index (χ0n) is 20.0. The van der Waals surface area contributed by atoms with Gasteiger partial charge in [0.05, 0.1) is 24.5 Å². The molecule has 2 bridgehead atoms. The normalized spacial score (nSPS) is 30.5. The number of hydrogen-bond acceptors (Lipinski definition) is 5. The number of fused-ring (bicyclic) bond motifs is 1. The van der Waals surface area contributed by atoms with Gasteiger partial charge >= 0.3 is 0 Å². The van der Waals surface area contributed by atoms with Crippen molar-refractivity contribution in [3.63, 3.8) is 0 Å². The Hall–Kier alpha value is -2.39. The molecule has 1 aliphatic carbocycles. The lowest BCUT2D eigenvalue weighted by Crippen LogP contribution is -2.56. The summed E-state index contributed by atoms with van der Waals surface area (Å²) in [6.45, 7) is 0.289. The highest BCUT2D eigenvalue weighted by atomic mass is 35.5. The van der Waals surface area contributed by atoms with Crippen molar-refractivity contribution in [2.24, 2.45) is 11.8 Å². The fourth-order valence-corrected chi connectivity index (χ4v) is 7.62. The smallest absolute Gasteiger partial charge is 0.246 e. The van der Waals surface area contributed by atoms with Crippen LogP contribution in [-0.2, 0) is 25.7 Å². The topological polar surface area (TPSA) is 87.7 Å². The first-order chi connectivity index (χ1) is 17.9. The number of thiophene rings is 1. The number of carbonyl (C=O) groups excluding carboxylic acids is 3. The van der Waals surface area contributed by atoms with E-state index >= 15 is 0 Å². The zero-order valence-corrected chi connectivity index (χ0v) is 22.3. The highest BCUT2D eigenvalue weighted by Gasteiger charge is 2.72. The fourth-order valence-electron chi connectivity index (χ4n) is 6.39. The van der Waals surface area contributed by atoms with E-state index in [1.807, 2.05) is 29.7 Å². The molecule has 1 aromatic carbocycles. The molecule has 2 aromatic rings. The van der Waals surface area contributed by atoms with Gasteiger partial charge in [0.2, 0.25) is 17.7 Å². The van der Waals surface area contributed by atoms with Crippen molar-refractivity contribution in [1.82, 2.24) is 10.2 Å². The Labute approximate surface area is 229 Å². The van der Waals surface area contributed by atoms with Gasteiger partial charge in [0.25, 0.3) is 0 Å². The summed E-state index contributed by atoms with van der Waals surface area (Å²) in [6, 6.07) is 7.89. The first-order valence-corrected chi connectivity index (χ1v) is 14.3. The van der Waals surface area contributed by atoms with Crippen LogP contribution in [0.4, 0.5) is 5.69 Å². The maximum Gasteiger partial charge on any atom is 0.246 e. The summed E-state index contributed by atoms with van der Waals surface area (Å²) in [5.74, 6) is -2.41. The van der Waals surface area contributed by atoms with Gasteiger partial charge in [-0.15, -0.1) is 11.3 Å². The molecular formula is C27H27Cl2N3O4S. The van der Waals surface area contributed by atoms with Crippen molar-refractivity contribution in [1.29, 1.82) is 0 Å². The van der Waals surface area contributed by atoms with E-state index in [0.29, 0.717) is 15.7 Å². The molecule has 2 N–H and O–H groups in total. The lowest BCUT2D eigenvalue weighted by atomic mass is 9.74. The van der Waals surface area contributed by atoms with E-state index in [1.165, 1.54) is 17.8 Å². The third-order valence-electron chi connectivity index (χ3n) is 7.91. The molecule has 4 heterocycles. The molecule has 7 nitrogen and oxygen atoms in total. The number of rotatable bonds is 6. The molecular weight excluding hydrogens is 533 g/mol. The van der Waals surface area contributed by atoms with Crippen LogP contribution in [0.1, 0.15) is 37.0 Å². The molecule has 6 rings (SSSR count). The van der Waals surface area contributed by atoms with Crippen molar-refractivity contribution < 1.29 is 19.1 Å². The maximum atomic E-state index is 14.0. The van der Waals surface area contributed by atoms with Gasteiger partial charge in [0, 0.05) is 26.7 Å². The van der Waals surface area contributed by atoms with Crippen LogP contribution < -0.4 is 10.6 Å². The minimum absolute atomic E-state index is 0.0876. The summed E-state index contributed by atoms with van der Waals surface area (Å²) in [5.41, 5.74) is -0.748. The van der Waals surface area contributed by atoms with E-state index in [9.17, 15) is 14.4 Å². The van der Waals surface area contributed by atoms with E-state index in [2.05, 4.69) is 10.6 Å². The number of nitrogens with zero attached hydrogens (tertiary/aromatic N) is 1. The van der Waals surface area contributed by atoms with Crippen LogP contribution in [0.3, 0.4) is 0 Å². The SMILES string of the molecule is O=C(Nc1cc(Cl)cc(Cl)c1)C1[C@@H]2C=CC3(O2)C(C(=O)NC2CCCCC2)N(Cc2cccs2)C(=O)[C@H]13. The molecule has 5 atom stereocenters. The van der Waals surface area contributed by atoms with Crippen molar-refractivity contribution in [3.05, 3.63) is 62.8 Å². The van der Waals surface area contributed by atoms with Crippen LogP contribution in [0.25, 0.3) is 0 Å². The molecule has 3 amide bonds. The molecule has 3 aliphatic heterocycles. The monoisotopic (exact) mass is 559 g/mol. The Balaban J connectivity index is 1.32. The number of halogens is 2. The van der Waals surface area contributed by atoms with Crippen LogP contribution >= 0.6 is 34.5 Å². The predicted molar refractivity (Wildman–Crippen MR) is 142 cm³/mol. The highest BCUT2D eigenvalue weighted by molar-refractivity contribution is 7.09. The lowest BCUT2D eigenvalue weighted by molar-refractivity contribution is -0.142. The van der Waals surface area contributed by atoms with Gasteiger partial charge in [-0.3, -0.25) is 14.4 Å². The molecule has 37 heavy (non-hydrogen) atoms. The average Bonchev–Trinajstić information content (AvgIpc) is 3.62. The second kappa shape index (κ2) is 9.73. The molecule has 0 radical (unpaired) electrons. The first kappa shape index (κ1) is 24.9. The number of amides is 3. The van der Waals surface area contributed by atoms with Crippen LogP contribution in [0.15, 0.2) is 47.9 Å². The Morgan fingerprint density at radius 3 is 2.57 bits per heavy atom. The van der Waals surface area contributed by atoms with E-state index in [4.69, 9.17) is 27.9 Å². The van der Waals surface area contributed by atoms with Crippen molar-refractivity contribution in [2.75, 3.05) is 5.32 Å². The van der Waals surface area contributed by atoms with E-state index in [-0.39, 0.29) is 30.3 Å². The first-order valence-electron chi connectivity index (χ1n) is 12.6. The molecule has 1 saturated carbocycles. The number of likely N-dealkylation sites (tertiary alicyclic amines) is 1. The number of anilines is 1. The molecule has 1 aromatic heterocycles. The second-order valence-corrected chi connectivity index (χ2v) is 12.1. The summed E-state index contributed by atoms with van der Waals surface area (Å²) in [6.07, 6.45) is 8.24. The van der Waals surface area contributed by atoms with Crippen LogP contribution in [0, 0.1) is 11.8 Å². The van der Waals surface area contributed by atoms with Gasteiger partial charge in [-0.1, -0.05) is 60.7 Å². The van der Waals surface area contributed by atoms with Gasteiger partial charge in [-0.2, -0.15) is 0 Å². The average molecular weight is 561 g/mol. The van der Waals surface area contributed by atoms with Crippen molar-refractivity contribution in [3.8, 4) is 0 Å². The van der Waals surface area contributed by atoms with Crippen LogP contribution in [0.5, 0.6) is 0 Å². The van der Waals surface area contributed by atoms with E-state index in [0.717, 1.165) is 30.6 Å². The third-order valence-corrected chi connectivity index (χ3v) is 9.21. The van der Waals surface area contributed by atoms with E-state index < -0.39 is 29.6 Å². The van der Waals surface area contributed by atoms with Crippen molar-refractivity contribution in [2.45, 2.75) is 62.4 Å². The number of hydrogen-bond donors (Lipinski definition) is 2. The number of benzene rings is 1. The molecule has 3 unspecified atom stereocenters. The van der Waals surface area contributed by atoms with Gasteiger partial charge in [-0.05, 0) is 42.5 Å². The van der Waals surface area contributed by atoms with Gasteiger partial charge in [0.1, 0.15) is 11.6 Å². The van der Waals surface area contributed by atoms with Crippen LogP contribution in [0.2, 0.25) is 10.0 Å². The minimum Gasteiger partial charge on any atom is -0.359 e. The van der Waals surface area contributed by atoms with Gasteiger partial charge in [-0.25, -0.2) is 0 Å². The molecule has 2 saturated heterocycles. The summed E-state index contributed by atoms with van der Waals surface area (Å²) in [4.78, 5) is 43.9. The zero-order chi connectivity index (χ0) is 25.7. The molecule has 3 fully saturated rings. The molecule has 4 aliphatic rings.